The van der Waals surface area contributed by atoms with Crippen molar-refractivity contribution >= 4 is 0 Å². The van der Waals surface area contributed by atoms with Crippen LogP contribution >= 0.6 is 0 Å². The van der Waals surface area contributed by atoms with E-state index in [0.29, 0.717) is 0 Å². The van der Waals surface area contributed by atoms with E-state index in [0.717, 1.165) is 37.4 Å². The van der Waals surface area contributed by atoms with Crippen molar-refractivity contribution in [3.63, 3.8) is 0 Å². The lowest BCUT2D eigenvalue weighted by Crippen LogP contribution is -2.03. The third kappa shape index (κ3) is 3.55. The number of ether oxygens (including phenoxy) is 1. The fraction of sp³-hybridized carbons (Fsp3) is 0.462. The van der Waals surface area contributed by atoms with E-state index >= 15 is 0 Å². The number of hydrogen-bond acceptors (Lipinski definition) is 4. The molecular weight excluding hydrogens is 228 g/mol. The molecule has 0 N–H and O–H groups in total. The summed E-state index contributed by atoms with van der Waals surface area (Å²) in [6.45, 7) is 2.68. The van der Waals surface area contributed by atoms with Gasteiger partial charge in [0.05, 0.1) is 13.7 Å². The van der Waals surface area contributed by atoms with Crippen molar-refractivity contribution in [3.05, 3.63) is 35.7 Å². The average Bonchev–Trinajstić information content (AvgIpc) is 2.81. The van der Waals surface area contributed by atoms with Gasteiger partial charge in [-0.05, 0) is 49.1 Å². The van der Waals surface area contributed by atoms with Crippen LogP contribution in [0, 0.1) is 6.92 Å². The van der Waals surface area contributed by atoms with Crippen LogP contribution in [-0.4, -0.2) is 27.3 Å². The first-order valence-corrected chi connectivity index (χ1v) is 6.15. The molecule has 2 rings (SSSR count). The Hall–Kier alpha value is -1.91. The molecule has 1 aromatic carbocycles. The Bertz CT molecular complexity index is 478. The molecule has 18 heavy (non-hydrogen) atoms. The number of methoxy groups -OCH3 is 1. The second-order valence-corrected chi connectivity index (χ2v) is 4.24. The summed E-state index contributed by atoms with van der Waals surface area (Å²) in [5.41, 5.74) is 1.33. The van der Waals surface area contributed by atoms with Crippen molar-refractivity contribution in [1.82, 2.24) is 20.2 Å². The quantitative estimate of drug-likeness (QED) is 0.732. The Balaban J connectivity index is 1.71. The van der Waals surface area contributed by atoms with Gasteiger partial charge in [-0.2, -0.15) is 4.80 Å². The molecule has 96 valence electrons. The molecule has 0 aliphatic carbocycles. The summed E-state index contributed by atoms with van der Waals surface area (Å²) in [5, 5.41) is 11.9. The van der Waals surface area contributed by atoms with Gasteiger partial charge >= 0.3 is 0 Å². The lowest BCUT2D eigenvalue weighted by Gasteiger charge is -2.03. The van der Waals surface area contributed by atoms with Crippen LogP contribution in [0.3, 0.4) is 0 Å². The van der Waals surface area contributed by atoms with Gasteiger partial charge in [0.15, 0.2) is 5.82 Å². The van der Waals surface area contributed by atoms with E-state index in [4.69, 9.17) is 4.74 Å². The van der Waals surface area contributed by atoms with E-state index in [2.05, 4.69) is 27.5 Å². The summed E-state index contributed by atoms with van der Waals surface area (Å²) in [5.74, 6) is 1.63. The zero-order valence-corrected chi connectivity index (χ0v) is 10.8. The second kappa shape index (κ2) is 6.14. The fourth-order valence-electron chi connectivity index (χ4n) is 1.79. The molecule has 0 fully saturated rings. The van der Waals surface area contributed by atoms with Crippen LogP contribution in [0.2, 0.25) is 0 Å². The van der Waals surface area contributed by atoms with Crippen molar-refractivity contribution in [3.8, 4) is 5.75 Å². The van der Waals surface area contributed by atoms with Gasteiger partial charge in [-0.1, -0.05) is 12.1 Å². The van der Waals surface area contributed by atoms with Crippen LogP contribution in [0.1, 0.15) is 24.2 Å². The second-order valence-electron chi connectivity index (χ2n) is 4.24. The van der Waals surface area contributed by atoms with E-state index in [9.17, 15) is 0 Å². The Morgan fingerprint density at radius 2 is 1.94 bits per heavy atom. The van der Waals surface area contributed by atoms with E-state index in [1.807, 2.05) is 19.1 Å². The Morgan fingerprint density at radius 3 is 2.56 bits per heavy atom. The molecule has 0 unspecified atom stereocenters. The maximum atomic E-state index is 5.13. The van der Waals surface area contributed by atoms with Gasteiger partial charge in [0.2, 0.25) is 0 Å². The number of unbranched alkanes of at least 4 members (excludes halogenated alkanes) is 1. The normalized spacial score (nSPS) is 10.6. The number of aryl methyl sites for hydroxylation is 3. The van der Waals surface area contributed by atoms with Crippen LogP contribution in [0.15, 0.2) is 24.3 Å². The Labute approximate surface area is 107 Å². The smallest absolute Gasteiger partial charge is 0.171 e. The highest BCUT2D eigenvalue weighted by atomic mass is 16.5. The van der Waals surface area contributed by atoms with Crippen LogP contribution in [0.4, 0.5) is 0 Å². The van der Waals surface area contributed by atoms with Gasteiger partial charge in [-0.15, -0.1) is 10.2 Å². The largest absolute Gasteiger partial charge is 0.497 e. The molecule has 5 nitrogen and oxygen atoms in total. The van der Waals surface area contributed by atoms with Gasteiger partial charge in [0.1, 0.15) is 5.75 Å². The maximum Gasteiger partial charge on any atom is 0.171 e. The van der Waals surface area contributed by atoms with Gasteiger partial charge in [-0.25, -0.2) is 0 Å². The number of hydrogen-bond donors (Lipinski definition) is 0. The summed E-state index contributed by atoms with van der Waals surface area (Å²) in [6, 6.07) is 8.21. The van der Waals surface area contributed by atoms with Gasteiger partial charge in [0, 0.05) is 0 Å². The topological polar surface area (TPSA) is 52.8 Å². The minimum atomic E-state index is 0.727. The third-order valence-electron chi connectivity index (χ3n) is 2.79. The highest BCUT2D eigenvalue weighted by Crippen LogP contribution is 2.13. The Morgan fingerprint density at radius 1 is 1.17 bits per heavy atom. The molecule has 0 aliphatic rings. The molecule has 0 radical (unpaired) electrons. The van der Waals surface area contributed by atoms with E-state index in [1.165, 1.54) is 5.56 Å². The molecule has 1 aromatic heterocycles. The standard InChI is InChI=1S/C13H18N4O/c1-11-14-16-17(15-11)10-4-3-5-12-6-8-13(18-2)9-7-12/h6-9H,3-5,10H2,1-2H3. The molecular formula is C13H18N4O. The molecule has 0 bridgehead atoms. The molecule has 0 atom stereocenters. The van der Waals surface area contributed by atoms with Crippen LogP contribution < -0.4 is 4.74 Å². The van der Waals surface area contributed by atoms with Crippen LogP contribution in [-0.2, 0) is 13.0 Å². The predicted octanol–water partition coefficient (Wildman–Crippen LogP) is 2.01. The zero-order valence-electron chi connectivity index (χ0n) is 10.8. The van der Waals surface area contributed by atoms with Crippen molar-refractivity contribution in [1.29, 1.82) is 0 Å². The number of aromatic nitrogens is 4. The lowest BCUT2D eigenvalue weighted by molar-refractivity contribution is 0.414. The fourth-order valence-corrected chi connectivity index (χ4v) is 1.79. The highest BCUT2D eigenvalue weighted by molar-refractivity contribution is 5.27. The average molecular weight is 246 g/mol. The molecule has 0 aliphatic heterocycles. The molecule has 2 aromatic rings. The summed E-state index contributed by atoms with van der Waals surface area (Å²) in [7, 11) is 1.68. The van der Waals surface area contributed by atoms with Gasteiger partial charge < -0.3 is 4.74 Å². The Kier molecular flexibility index (Phi) is 4.28. The minimum Gasteiger partial charge on any atom is -0.497 e. The SMILES string of the molecule is COc1ccc(CCCCn2nnc(C)n2)cc1. The number of tetrazole rings is 1. The highest BCUT2D eigenvalue weighted by Gasteiger charge is 1.98. The predicted molar refractivity (Wildman–Crippen MR) is 68.5 cm³/mol. The molecule has 0 amide bonds. The number of rotatable bonds is 6. The molecule has 1 heterocycles. The van der Waals surface area contributed by atoms with E-state index < -0.39 is 0 Å². The first kappa shape index (κ1) is 12.5. The first-order chi connectivity index (χ1) is 8.78. The number of benzene rings is 1. The molecule has 0 saturated carbocycles. The summed E-state index contributed by atoms with van der Waals surface area (Å²) < 4.78 is 5.13. The molecule has 5 heteroatoms. The minimum absolute atomic E-state index is 0.727. The van der Waals surface area contributed by atoms with Crippen molar-refractivity contribution < 1.29 is 4.74 Å². The monoisotopic (exact) mass is 246 g/mol. The van der Waals surface area contributed by atoms with Crippen LogP contribution in [0.25, 0.3) is 0 Å². The third-order valence-corrected chi connectivity index (χ3v) is 2.79. The number of nitrogens with zero attached hydrogens (tertiary/aromatic N) is 4. The van der Waals surface area contributed by atoms with Crippen molar-refractivity contribution in [2.75, 3.05) is 7.11 Å². The first-order valence-electron chi connectivity index (χ1n) is 6.15. The summed E-state index contributed by atoms with van der Waals surface area (Å²) in [6.07, 6.45) is 3.24. The van der Waals surface area contributed by atoms with Gasteiger partial charge in [-0.3, -0.25) is 0 Å². The zero-order chi connectivity index (χ0) is 12.8. The van der Waals surface area contributed by atoms with E-state index in [-0.39, 0.29) is 0 Å². The summed E-state index contributed by atoms with van der Waals surface area (Å²) >= 11 is 0. The van der Waals surface area contributed by atoms with Crippen LogP contribution in [0.5, 0.6) is 5.75 Å². The molecule has 0 spiro atoms. The lowest BCUT2D eigenvalue weighted by atomic mass is 10.1. The summed E-state index contributed by atoms with van der Waals surface area (Å²) in [4.78, 5) is 1.66. The molecule has 0 saturated heterocycles. The van der Waals surface area contributed by atoms with Gasteiger partial charge in [0.25, 0.3) is 0 Å². The van der Waals surface area contributed by atoms with Crippen molar-refractivity contribution in [2.24, 2.45) is 0 Å². The van der Waals surface area contributed by atoms with Crippen molar-refractivity contribution in [2.45, 2.75) is 32.7 Å². The maximum absolute atomic E-state index is 5.13. The van der Waals surface area contributed by atoms with E-state index in [1.54, 1.807) is 11.9 Å².